The lowest BCUT2D eigenvalue weighted by molar-refractivity contribution is 0.889. The van der Waals surface area contributed by atoms with Crippen molar-refractivity contribution in [1.29, 1.82) is 0 Å². The molecular formula is C14H12Cl2P2. The average Bonchev–Trinajstić information content (AvgIpc) is 2.82. The van der Waals surface area contributed by atoms with Crippen molar-refractivity contribution in [1.82, 2.24) is 0 Å². The van der Waals surface area contributed by atoms with Gasteiger partial charge in [-0.2, -0.15) is 0 Å². The quantitative estimate of drug-likeness (QED) is 0.523. The Kier molecular flexibility index (Phi) is 7.63. The Morgan fingerprint density at radius 3 is 2.28 bits per heavy atom. The van der Waals surface area contributed by atoms with E-state index in [2.05, 4.69) is 47.8 Å². The highest BCUT2D eigenvalue weighted by Crippen LogP contribution is 2.62. The van der Waals surface area contributed by atoms with Crippen LogP contribution in [0.4, 0.5) is 0 Å². The first kappa shape index (κ1) is 15.7. The summed E-state index contributed by atoms with van der Waals surface area (Å²) >= 11 is 12.1. The van der Waals surface area contributed by atoms with Crippen LogP contribution < -0.4 is 0 Å². The van der Waals surface area contributed by atoms with E-state index in [1.54, 1.807) is 0 Å². The van der Waals surface area contributed by atoms with Gasteiger partial charge in [-0.25, -0.2) is 0 Å². The smallest absolute Gasteiger partial charge is 0.0892 e. The van der Waals surface area contributed by atoms with E-state index in [4.69, 9.17) is 28.9 Å². The Balaban J connectivity index is 2.60. The molecule has 0 N–H and O–H groups in total. The first-order valence-electron chi connectivity index (χ1n) is 5.46. The third-order valence-corrected chi connectivity index (χ3v) is 7.68. The minimum atomic E-state index is -0.888. The van der Waals surface area contributed by atoms with Gasteiger partial charge in [0.2, 0.25) is 0 Å². The van der Waals surface area contributed by atoms with E-state index in [9.17, 15) is 0 Å². The van der Waals surface area contributed by atoms with Crippen molar-refractivity contribution in [2.24, 2.45) is 0 Å². The van der Waals surface area contributed by atoms with Crippen LogP contribution in [0.2, 0.25) is 0 Å². The van der Waals surface area contributed by atoms with E-state index in [1.165, 1.54) is 12.8 Å². The summed E-state index contributed by atoms with van der Waals surface area (Å²) in [5, 5.41) is 0. The molecule has 0 aromatic carbocycles. The first-order chi connectivity index (χ1) is 8.66. The maximum Gasteiger partial charge on any atom is 0.0892 e. The van der Waals surface area contributed by atoms with Gasteiger partial charge in [-0.1, -0.05) is 34.6 Å². The molecule has 0 aliphatic heterocycles. The predicted molar refractivity (Wildman–Crippen MR) is 85.1 cm³/mol. The Morgan fingerprint density at radius 2 is 1.61 bits per heavy atom. The van der Waals surface area contributed by atoms with Gasteiger partial charge in [0.1, 0.15) is 0 Å². The monoisotopic (exact) mass is 312 g/mol. The summed E-state index contributed by atoms with van der Waals surface area (Å²) in [5.74, 6) is 15.3. The van der Waals surface area contributed by atoms with Crippen molar-refractivity contribution < 1.29 is 0 Å². The van der Waals surface area contributed by atoms with Crippen molar-refractivity contribution in [3.05, 3.63) is 0 Å². The molecule has 0 aromatic heterocycles. The molecule has 0 saturated heterocycles. The molecule has 0 bridgehead atoms. The van der Waals surface area contributed by atoms with Crippen LogP contribution in [-0.2, 0) is 0 Å². The van der Waals surface area contributed by atoms with Gasteiger partial charge in [-0.15, -0.1) is 6.42 Å². The summed E-state index contributed by atoms with van der Waals surface area (Å²) in [5.41, 5.74) is 4.21. The summed E-state index contributed by atoms with van der Waals surface area (Å²) < 4.78 is 0. The van der Waals surface area contributed by atoms with Gasteiger partial charge < -0.3 is 0 Å². The standard InChI is InChI=1S/C14H12Cl2P2/c1-3-4-5-6-7-8-12-17(2)13-10-9-11-14(13)18(15)16/h1,13-14H,9-11H2,2H3. The Bertz CT molecular complexity index is 500. The van der Waals surface area contributed by atoms with Gasteiger partial charge in [0, 0.05) is 5.66 Å². The van der Waals surface area contributed by atoms with Crippen LogP contribution in [0.15, 0.2) is 0 Å². The van der Waals surface area contributed by atoms with Crippen LogP contribution in [-0.4, -0.2) is 18.0 Å². The number of terminal acetylenes is 1. The lowest BCUT2D eigenvalue weighted by Crippen LogP contribution is -2.12. The molecule has 0 spiro atoms. The largest absolute Gasteiger partial charge is 0.106 e. The Labute approximate surface area is 122 Å². The Hall–Kier alpha value is -0.320. The molecule has 4 heteroatoms. The van der Waals surface area contributed by atoms with E-state index >= 15 is 0 Å². The van der Waals surface area contributed by atoms with Crippen LogP contribution in [0.3, 0.4) is 0 Å². The van der Waals surface area contributed by atoms with E-state index in [1.807, 2.05) is 0 Å². The lowest BCUT2D eigenvalue weighted by atomic mass is 10.4. The van der Waals surface area contributed by atoms with E-state index in [0.29, 0.717) is 11.3 Å². The highest BCUT2D eigenvalue weighted by Gasteiger charge is 2.35. The number of hydrogen-bond acceptors (Lipinski definition) is 0. The van der Waals surface area contributed by atoms with Crippen LogP contribution in [0.5, 0.6) is 0 Å². The molecule has 3 unspecified atom stereocenters. The van der Waals surface area contributed by atoms with Crippen molar-refractivity contribution >= 4 is 37.0 Å². The fourth-order valence-corrected chi connectivity index (χ4v) is 7.22. The van der Waals surface area contributed by atoms with Gasteiger partial charge in [-0.3, -0.25) is 0 Å². The highest BCUT2D eigenvalue weighted by atomic mass is 35.9. The summed E-state index contributed by atoms with van der Waals surface area (Å²) in [6, 6.07) is 0. The minimum absolute atomic E-state index is 0.383. The summed E-state index contributed by atoms with van der Waals surface area (Å²) in [6.07, 6.45) is 8.50. The fourth-order valence-electron chi connectivity index (χ4n) is 1.93. The maximum atomic E-state index is 6.07. The molecule has 0 amide bonds. The fraction of sp³-hybridized carbons (Fsp3) is 0.429. The molecule has 0 nitrogen and oxygen atoms in total. The summed E-state index contributed by atoms with van der Waals surface area (Å²) in [6.45, 7) is 1.29. The topological polar surface area (TPSA) is 0 Å². The van der Waals surface area contributed by atoms with Gasteiger partial charge in [0.15, 0.2) is 0 Å². The molecule has 1 saturated carbocycles. The van der Waals surface area contributed by atoms with Crippen LogP contribution in [0, 0.1) is 47.6 Å². The number of hydrogen-bond donors (Lipinski definition) is 0. The SMILES string of the molecule is C#CC#CC#CC#CP(C)C1CCCC1P(Cl)Cl. The van der Waals surface area contributed by atoms with Crippen LogP contribution in [0.1, 0.15) is 19.3 Å². The second kappa shape index (κ2) is 8.73. The minimum Gasteiger partial charge on any atom is -0.106 e. The van der Waals surface area contributed by atoms with E-state index in [-0.39, 0.29) is 7.92 Å². The highest BCUT2D eigenvalue weighted by molar-refractivity contribution is 8.04. The molecule has 1 aliphatic carbocycles. The molecule has 1 fully saturated rings. The molecule has 92 valence electrons. The Morgan fingerprint density at radius 1 is 1.00 bits per heavy atom. The van der Waals surface area contributed by atoms with Gasteiger partial charge in [0.25, 0.3) is 0 Å². The molecule has 1 rings (SSSR count). The van der Waals surface area contributed by atoms with Gasteiger partial charge in [-0.05, 0) is 68.6 Å². The summed E-state index contributed by atoms with van der Waals surface area (Å²) in [7, 11) is -0.383. The normalized spacial score (nSPS) is 22.6. The average molecular weight is 313 g/mol. The second-order valence-electron chi connectivity index (χ2n) is 3.82. The molecule has 3 atom stereocenters. The zero-order valence-corrected chi connectivity index (χ0v) is 13.3. The zero-order valence-electron chi connectivity index (χ0n) is 10.0. The van der Waals surface area contributed by atoms with Crippen LogP contribution >= 0.6 is 37.0 Å². The molecule has 18 heavy (non-hydrogen) atoms. The van der Waals surface area contributed by atoms with Crippen molar-refractivity contribution in [2.75, 3.05) is 6.66 Å². The third-order valence-electron chi connectivity index (χ3n) is 2.75. The molecular weight excluding hydrogens is 301 g/mol. The first-order valence-corrected chi connectivity index (χ1v) is 10.5. The summed E-state index contributed by atoms with van der Waals surface area (Å²) in [4.78, 5) is 0. The van der Waals surface area contributed by atoms with E-state index in [0.717, 1.165) is 6.42 Å². The van der Waals surface area contributed by atoms with Gasteiger partial charge in [0.05, 0.1) is 6.63 Å². The molecule has 0 radical (unpaired) electrons. The third kappa shape index (κ3) is 5.12. The van der Waals surface area contributed by atoms with Crippen molar-refractivity contribution in [2.45, 2.75) is 30.6 Å². The maximum absolute atomic E-state index is 6.07. The molecule has 0 heterocycles. The van der Waals surface area contributed by atoms with E-state index < -0.39 is 6.63 Å². The number of halogens is 2. The lowest BCUT2D eigenvalue weighted by Gasteiger charge is -2.22. The van der Waals surface area contributed by atoms with Gasteiger partial charge >= 0.3 is 0 Å². The van der Waals surface area contributed by atoms with Crippen molar-refractivity contribution in [3.63, 3.8) is 0 Å². The molecule has 1 aliphatic rings. The zero-order chi connectivity index (χ0) is 13.4. The van der Waals surface area contributed by atoms with Crippen molar-refractivity contribution in [3.8, 4) is 47.6 Å². The van der Waals surface area contributed by atoms with Crippen LogP contribution in [0.25, 0.3) is 0 Å². The molecule has 0 aromatic rings. The second-order valence-corrected chi connectivity index (χ2v) is 9.81. The predicted octanol–water partition coefficient (Wildman–Crippen LogP) is 4.41. The number of rotatable bonds is 2.